The molecule has 0 spiro atoms. The number of aromatic nitrogens is 1. The van der Waals surface area contributed by atoms with Crippen LogP contribution in [0.25, 0.3) is 16.8 Å². The second-order valence-electron chi connectivity index (χ2n) is 5.77. The summed E-state index contributed by atoms with van der Waals surface area (Å²) >= 11 is 0. The van der Waals surface area contributed by atoms with Crippen molar-refractivity contribution in [3.05, 3.63) is 95.7 Å². The fourth-order valence-corrected chi connectivity index (χ4v) is 2.80. The van der Waals surface area contributed by atoms with Gasteiger partial charge in [-0.15, -0.1) is 0 Å². The van der Waals surface area contributed by atoms with Crippen molar-refractivity contribution in [3.63, 3.8) is 0 Å². The highest BCUT2D eigenvalue weighted by Gasteiger charge is 2.16. The number of rotatable bonds is 5. The molecule has 6 heteroatoms. The molecule has 0 bridgehead atoms. The first-order valence-electron chi connectivity index (χ1n) is 8.02. The van der Waals surface area contributed by atoms with E-state index in [2.05, 4.69) is 5.32 Å². The quantitative estimate of drug-likeness (QED) is 0.389. The highest BCUT2D eigenvalue weighted by molar-refractivity contribution is 5.76. The van der Waals surface area contributed by atoms with E-state index in [0.29, 0.717) is 5.69 Å². The lowest BCUT2D eigenvalue weighted by atomic mass is 10.1. The summed E-state index contributed by atoms with van der Waals surface area (Å²) in [5.41, 5.74) is 3.72. The van der Waals surface area contributed by atoms with E-state index in [0.717, 1.165) is 22.5 Å². The van der Waals surface area contributed by atoms with Gasteiger partial charge in [-0.25, -0.2) is 0 Å². The number of nitrogens with one attached hydrogen (secondary N) is 1. The normalized spacial score (nSPS) is 10.6. The molecule has 0 fully saturated rings. The number of hydrogen-bond donors (Lipinski definition) is 1. The fourth-order valence-electron chi connectivity index (χ4n) is 2.80. The van der Waals surface area contributed by atoms with E-state index in [9.17, 15) is 10.1 Å². The van der Waals surface area contributed by atoms with Gasteiger partial charge < -0.3 is 14.3 Å². The summed E-state index contributed by atoms with van der Waals surface area (Å²) in [6.07, 6.45) is 7.00. The molecular weight excluding hydrogens is 330 g/mol. The van der Waals surface area contributed by atoms with Gasteiger partial charge in [-0.1, -0.05) is 12.1 Å². The summed E-state index contributed by atoms with van der Waals surface area (Å²) in [6.45, 7) is 0. The Hall–Kier alpha value is -3.80. The molecule has 2 aromatic heterocycles. The summed E-state index contributed by atoms with van der Waals surface area (Å²) in [5, 5.41) is 14.7. The molecule has 0 aliphatic carbocycles. The number of nitro benzene ring substituents is 1. The van der Waals surface area contributed by atoms with Gasteiger partial charge in [0.05, 0.1) is 17.4 Å². The molecule has 4 rings (SSSR count). The summed E-state index contributed by atoms with van der Waals surface area (Å²) in [5.74, 6) is 0. The minimum atomic E-state index is -0.387. The van der Waals surface area contributed by atoms with Crippen molar-refractivity contribution in [1.82, 2.24) is 4.57 Å². The second-order valence-corrected chi connectivity index (χ2v) is 5.77. The van der Waals surface area contributed by atoms with Crippen LogP contribution in [0.2, 0.25) is 0 Å². The number of nitro groups is 1. The Morgan fingerprint density at radius 3 is 2.54 bits per heavy atom. The Kier molecular flexibility index (Phi) is 3.99. The van der Waals surface area contributed by atoms with Crippen LogP contribution in [0.1, 0.15) is 0 Å². The van der Waals surface area contributed by atoms with Crippen LogP contribution < -0.4 is 5.32 Å². The molecule has 2 heterocycles. The molecule has 4 aromatic rings. The maximum absolute atomic E-state index is 11.5. The van der Waals surface area contributed by atoms with E-state index < -0.39 is 0 Å². The van der Waals surface area contributed by atoms with Gasteiger partial charge >= 0.3 is 0 Å². The van der Waals surface area contributed by atoms with E-state index in [-0.39, 0.29) is 10.6 Å². The highest BCUT2D eigenvalue weighted by Crippen LogP contribution is 2.33. The van der Waals surface area contributed by atoms with Crippen LogP contribution in [-0.4, -0.2) is 9.49 Å². The van der Waals surface area contributed by atoms with E-state index in [1.54, 1.807) is 30.7 Å². The first-order chi connectivity index (χ1) is 12.7. The standard InChI is InChI=1S/C20H15N3O3/c24-23(25)20-12-15(16-8-11-26-14-16)6-7-19(20)21-17-4-3-5-18(13-17)22-9-1-2-10-22/h1-14,21H. The van der Waals surface area contributed by atoms with Gasteiger partial charge in [0.15, 0.2) is 0 Å². The Labute approximate surface area is 149 Å². The first kappa shape index (κ1) is 15.7. The average Bonchev–Trinajstić information content (AvgIpc) is 3.36. The number of nitrogens with zero attached hydrogens (tertiary/aromatic N) is 2. The molecular formula is C20H15N3O3. The van der Waals surface area contributed by atoms with Gasteiger partial charge in [0, 0.05) is 35.4 Å². The summed E-state index contributed by atoms with van der Waals surface area (Å²) in [4.78, 5) is 11.1. The third-order valence-electron chi connectivity index (χ3n) is 4.08. The number of hydrogen-bond acceptors (Lipinski definition) is 4. The largest absolute Gasteiger partial charge is 0.472 e. The SMILES string of the molecule is O=[N+]([O-])c1cc(-c2ccoc2)ccc1Nc1cccc(-n2cccc2)c1. The molecule has 0 amide bonds. The van der Waals surface area contributed by atoms with Gasteiger partial charge in [0.25, 0.3) is 5.69 Å². The van der Waals surface area contributed by atoms with E-state index in [1.807, 2.05) is 59.4 Å². The molecule has 0 atom stereocenters. The molecule has 0 aliphatic heterocycles. The van der Waals surface area contributed by atoms with E-state index >= 15 is 0 Å². The molecule has 128 valence electrons. The molecule has 6 nitrogen and oxygen atoms in total. The Bertz CT molecular complexity index is 1040. The maximum Gasteiger partial charge on any atom is 0.293 e. The van der Waals surface area contributed by atoms with Crippen molar-refractivity contribution >= 4 is 17.1 Å². The van der Waals surface area contributed by atoms with Crippen LogP contribution in [0.15, 0.2) is 90.0 Å². The zero-order valence-corrected chi connectivity index (χ0v) is 13.7. The fraction of sp³-hybridized carbons (Fsp3) is 0. The summed E-state index contributed by atoms with van der Waals surface area (Å²) in [7, 11) is 0. The van der Waals surface area contributed by atoms with Crippen molar-refractivity contribution in [2.24, 2.45) is 0 Å². The number of benzene rings is 2. The Morgan fingerprint density at radius 2 is 1.81 bits per heavy atom. The van der Waals surface area contributed by atoms with Crippen LogP contribution >= 0.6 is 0 Å². The van der Waals surface area contributed by atoms with Crippen LogP contribution in [0, 0.1) is 10.1 Å². The number of furan rings is 1. The van der Waals surface area contributed by atoms with Crippen molar-refractivity contribution in [2.75, 3.05) is 5.32 Å². The Balaban J connectivity index is 1.68. The van der Waals surface area contributed by atoms with Crippen LogP contribution in [0.5, 0.6) is 0 Å². The monoisotopic (exact) mass is 345 g/mol. The highest BCUT2D eigenvalue weighted by atomic mass is 16.6. The molecule has 2 aromatic carbocycles. The second kappa shape index (κ2) is 6.60. The van der Waals surface area contributed by atoms with Crippen LogP contribution in [-0.2, 0) is 0 Å². The zero-order valence-electron chi connectivity index (χ0n) is 13.7. The lowest BCUT2D eigenvalue weighted by Crippen LogP contribution is -1.98. The lowest BCUT2D eigenvalue weighted by Gasteiger charge is -2.10. The molecule has 0 radical (unpaired) electrons. The van der Waals surface area contributed by atoms with Gasteiger partial charge in [-0.3, -0.25) is 10.1 Å². The van der Waals surface area contributed by atoms with Crippen molar-refractivity contribution in [1.29, 1.82) is 0 Å². The van der Waals surface area contributed by atoms with Gasteiger partial charge in [-0.2, -0.15) is 0 Å². The van der Waals surface area contributed by atoms with Gasteiger partial charge in [-0.05, 0) is 48.0 Å². The minimum absolute atomic E-state index is 0.00932. The predicted octanol–water partition coefficient (Wildman–Crippen LogP) is 5.39. The lowest BCUT2D eigenvalue weighted by molar-refractivity contribution is -0.383. The molecule has 26 heavy (non-hydrogen) atoms. The number of anilines is 2. The Morgan fingerprint density at radius 1 is 0.962 bits per heavy atom. The van der Waals surface area contributed by atoms with Crippen molar-refractivity contribution < 1.29 is 9.34 Å². The summed E-state index contributed by atoms with van der Waals surface area (Å²) in [6, 6.07) is 18.4. The van der Waals surface area contributed by atoms with Gasteiger partial charge in [0.1, 0.15) is 5.69 Å². The maximum atomic E-state index is 11.5. The third kappa shape index (κ3) is 3.08. The van der Waals surface area contributed by atoms with Crippen molar-refractivity contribution in [3.8, 4) is 16.8 Å². The van der Waals surface area contributed by atoms with Crippen LogP contribution in [0.3, 0.4) is 0 Å². The van der Waals surface area contributed by atoms with Gasteiger partial charge in [0.2, 0.25) is 0 Å². The first-order valence-corrected chi connectivity index (χ1v) is 8.02. The smallest absolute Gasteiger partial charge is 0.293 e. The third-order valence-corrected chi connectivity index (χ3v) is 4.08. The van der Waals surface area contributed by atoms with Crippen molar-refractivity contribution in [2.45, 2.75) is 0 Å². The molecule has 1 N–H and O–H groups in total. The van der Waals surface area contributed by atoms with E-state index in [4.69, 9.17) is 4.42 Å². The topological polar surface area (TPSA) is 73.2 Å². The molecule has 0 aliphatic rings. The van der Waals surface area contributed by atoms with E-state index in [1.165, 1.54) is 0 Å². The summed E-state index contributed by atoms with van der Waals surface area (Å²) < 4.78 is 7.03. The molecule has 0 saturated carbocycles. The zero-order chi connectivity index (χ0) is 17.9. The average molecular weight is 345 g/mol. The van der Waals surface area contributed by atoms with Crippen LogP contribution in [0.4, 0.5) is 17.1 Å². The minimum Gasteiger partial charge on any atom is -0.472 e. The predicted molar refractivity (Wildman–Crippen MR) is 99.9 cm³/mol. The molecule has 0 unspecified atom stereocenters. The molecule has 0 saturated heterocycles.